The van der Waals surface area contributed by atoms with Crippen LogP contribution in [-0.2, 0) is 11.3 Å². The van der Waals surface area contributed by atoms with E-state index >= 15 is 0 Å². The molecule has 1 aliphatic rings. The molecule has 2 aromatic rings. The molecule has 0 radical (unpaired) electrons. The van der Waals surface area contributed by atoms with Gasteiger partial charge in [-0.05, 0) is 55.4 Å². The van der Waals surface area contributed by atoms with Crippen molar-refractivity contribution in [2.75, 3.05) is 32.7 Å². The molecule has 0 aliphatic carbocycles. The van der Waals surface area contributed by atoms with E-state index in [-0.39, 0.29) is 6.10 Å². The van der Waals surface area contributed by atoms with Gasteiger partial charge in [0.1, 0.15) is 11.5 Å². The third-order valence-corrected chi connectivity index (χ3v) is 5.67. The molecule has 156 valence electrons. The fraction of sp³-hybridized carbons (Fsp3) is 0.381. The van der Waals surface area contributed by atoms with Gasteiger partial charge in [0.15, 0.2) is 5.11 Å². The molecule has 3 rings (SSSR count). The predicted octanol–water partition coefficient (Wildman–Crippen LogP) is 5.39. The number of hydrogen-bond donors (Lipinski definition) is 1. The van der Waals surface area contributed by atoms with Gasteiger partial charge in [-0.3, -0.25) is 0 Å². The molecule has 0 aromatic heterocycles. The number of methoxy groups -OCH3 is 2. The number of anilines is 1. The van der Waals surface area contributed by atoms with Crippen LogP contribution in [0.25, 0.3) is 0 Å². The van der Waals surface area contributed by atoms with Gasteiger partial charge in [0.05, 0.1) is 31.0 Å². The highest BCUT2D eigenvalue weighted by molar-refractivity contribution is 7.80. The van der Waals surface area contributed by atoms with Gasteiger partial charge in [-0.2, -0.15) is 0 Å². The molecule has 1 heterocycles. The summed E-state index contributed by atoms with van der Waals surface area (Å²) in [6.07, 6.45) is 2.22. The zero-order valence-electron chi connectivity index (χ0n) is 16.4. The molecule has 2 aromatic carbocycles. The van der Waals surface area contributed by atoms with Crippen molar-refractivity contribution in [1.29, 1.82) is 0 Å². The quantitative estimate of drug-likeness (QED) is 0.565. The number of benzene rings is 2. The Morgan fingerprint density at radius 2 is 2.03 bits per heavy atom. The van der Waals surface area contributed by atoms with Crippen LogP contribution in [0.15, 0.2) is 36.4 Å². The van der Waals surface area contributed by atoms with Crippen LogP contribution in [0.5, 0.6) is 11.5 Å². The maximum absolute atomic E-state index is 6.31. The molecule has 8 heteroatoms. The average Bonchev–Trinajstić information content (AvgIpc) is 3.23. The van der Waals surface area contributed by atoms with Gasteiger partial charge in [0, 0.05) is 36.3 Å². The minimum Gasteiger partial charge on any atom is -0.497 e. The van der Waals surface area contributed by atoms with E-state index in [1.54, 1.807) is 26.4 Å². The Balaban J connectivity index is 1.81. The summed E-state index contributed by atoms with van der Waals surface area (Å²) in [5, 5.41) is 4.88. The first kappa shape index (κ1) is 22.0. The molecule has 1 aliphatic heterocycles. The van der Waals surface area contributed by atoms with E-state index < -0.39 is 0 Å². The Kier molecular flexibility index (Phi) is 7.84. The molecular weight excluding hydrogens is 431 g/mol. The van der Waals surface area contributed by atoms with Crippen molar-refractivity contribution in [3.05, 3.63) is 52.0 Å². The zero-order chi connectivity index (χ0) is 20.8. The number of nitrogens with one attached hydrogen (secondary N) is 1. The lowest BCUT2D eigenvalue weighted by molar-refractivity contribution is 0.0903. The maximum atomic E-state index is 6.31. The Bertz CT molecular complexity index is 860. The van der Waals surface area contributed by atoms with Crippen molar-refractivity contribution >= 4 is 46.2 Å². The lowest BCUT2D eigenvalue weighted by Crippen LogP contribution is -2.39. The Hall–Kier alpha value is -1.73. The highest BCUT2D eigenvalue weighted by atomic mass is 35.5. The topological polar surface area (TPSA) is 43.0 Å². The molecule has 1 saturated heterocycles. The SMILES string of the molecule is COc1ccc(CN(CC2CCCO2)C(=S)Nc2ccc(Cl)cc2Cl)c(OC)c1. The molecular formula is C21H24Cl2N2O3S. The number of rotatable bonds is 7. The number of halogens is 2. The van der Waals surface area contributed by atoms with E-state index in [1.807, 2.05) is 24.3 Å². The zero-order valence-corrected chi connectivity index (χ0v) is 18.7. The van der Waals surface area contributed by atoms with Crippen LogP contribution in [0.3, 0.4) is 0 Å². The third-order valence-electron chi connectivity index (χ3n) is 4.76. The Morgan fingerprint density at radius 1 is 1.21 bits per heavy atom. The van der Waals surface area contributed by atoms with Gasteiger partial charge in [0.25, 0.3) is 0 Å². The second-order valence-corrected chi connectivity index (χ2v) is 7.98. The molecule has 0 saturated carbocycles. The van der Waals surface area contributed by atoms with E-state index in [4.69, 9.17) is 49.6 Å². The van der Waals surface area contributed by atoms with Crippen molar-refractivity contribution in [2.45, 2.75) is 25.5 Å². The first-order valence-electron chi connectivity index (χ1n) is 9.33. The smallest absolute Gasteiger partial charge is 0.173 e. The summed E-state index contributed by atoms with van der Waals surface area (Å²) in [5.41, 5.74) is 1.71. The Labute approximate surface area is 186 Å². The fourth-order valence-electron chi connectivity index (χ4n) is 3.23. The van der Waals surface area contributed by atoms with Gasteiger partial charge in [0.2, 0.25) is 0 Å². The van der Waals surface area contributed by atoms with Gasteiger partial charge >= 0.3 is 0 Å². The van der Waals surface area contributed by atoms with Crippen molar-refractivity contribution < 1.29 is 14.2 Å². The number of nitrogens with zero attached hydrogens (tertiary/aromatic N) is 1. The van der Waals surface area contributed by atoms with Crippen LogP contribution in [-0.4, -0.2) is 43.5 Å². The molecule has 29 heavy (non-hydrogen) atoms. The molecule has 0 spiro atoms. The molecule has 5 nitrogen and oxygen atoms in total. The molecule has 0 bridgehead atoms. The summed E-state index contributed by atoms with van der Waals surface area (Å²) in [6.45, 7) is 2.02. The van der Waals surface area contributed by atoms with Crippen molar-refractivity contribution in [3.63, 3.8) is 0 Å². The monoisotopic (exact) mass is 454 g/mol. The van der Waals surface area contributed by atoms with E-state index in [0.717, 1.165) is 36.5 Å². The first-order valence-corrected chi connectivity index (χ1v) is 10.5. The molecule has 1 unspecified atom stereocenters. The molecule has 1 atom stereocenters. The maximum Gasteiger partial charge on any atom is 0.173 e. The minimum atomic E-state index is 0.139. The first-order chi connectivity index (χ1) is 14.0. The highest BCUT2D eigenvalue weighted by Crippen LogP contribution is 2.28. The van der Waals surface area contributed by atoms with E-state index in [1.165, 1.54) is 0 Å². The van der Waals surface area contributed by atoms with Gasteiger partial charge < -0.3 is 24.4 Å². The van der Waals surface area contributed by atoms with Crippen LogP contribution >= 0.6 is 35.4 Å². The summed E-state index contributed by atoms with van der Waals surface area (Å²) in [4.78, 5) is 2.07. The summed E-state index contributed by atoms with van der Waals surface area (Å²) < 4.78 is 16.7. The van der Waals surface area contributed by atoms with Gasteiger partial charge in [-0.1, -0.05) is 23.2 Å². The van der Waals surface area contributed by atoms with Crippen molar-refractivity contribution in [3.8, 4) is 11.5 Å². The van der Waals surface area contributed by atoms with Crippen LogP contribution in [0.1, 0.15) is 18.4 Å². The normalized spacial score (nSPS) is 15.8. The standard InChI is InChI=1S/C21H24Cl2N2O3S/c1-26-16-7-5-14(20(11-16)27-2)12-25(13-17-4-3-9-28-17)21(29)24-19-8-6-15(22)10-18(19)23/h5-8,10-11,17H,3-4,9,12-13H2,1-2H3,(H,24,29). The lowest BCUT2D eigenvalue weighted by Gasteiger charge is -2.29. The summed E-state index contributed by atoms with van der Waals surface area (Å²) >= 11 is 18.0. The summed E-state index contributed by atoms with van der Waals surface area (Å²) in [5.74, 6) is 1.49. The molecule has 0 amide bonds. The van der Waals surface area contributed by atoms with Gasteiger partial charge in [-0.15, -0.1) is 0 Å². The lowest BCUT2D eigenvalue weighted by atomic mass is 10.1. The number of ether oxygens (including phenoxy) is 3. The third kappa shape index (κ3) is 5.89. The van der Waals surface area contributed by atoms with Crippen LogP contribution < -0.4 is 14.8 Å². The summed E-state index contributed by atoms with van der Waals surface area (Å²) in [7, 11) is 3.28. The van der Waals surface area contributed by atoms with E-state index in [9.17, 15) is 0 Å². The molecule has 1 fully saturated rings. The number of thiocarbonyl (C=S) groups is 1. The van der Waals surface area contributed by atoms with Crippen molar-refractivity contribution in [2.24, 2.45) is 0 Å². The minimum absolute atomic E-state index is 0.139. The largest absolute Gasteiger partial charge is 0.497 e. The second-order valence-electron chi connectivity index (χ2n) is 6.75. The van der Waals surface area contributed by atoms with Crippen LogP contribution in [0, 0.1) is 0 Å². The Morgan fingerprint density at radius 3 is 2.69 bits per heavy atom. The number of hydrogen-bond acceptors (Lipinski definition) is 4. The van der Waals surface area contributed by atoms with Crippen molar-refractivity contribution in [1.82, 2.24) is 4.90 Å². The highest BCUT2D eigenvalue weighted by Gasteiger charge is 2.22. The second kappa shape index (κ2) is 10.3. The fourth-order valence-corrected chi connectivity index (χ4v) is 3.93. The summed E-state index contributed by atoms with van der Waals surface area (Å²) in [6, 6.07) is 11.0. The predicted molar refractivity (Wildman–Crippen MR) is 122 cm³/mol. The van der Waals surface area contributed by atoms with Crippen LogP contribution in [0.4, 0.5) is 5.69 Å². The molecule has 1 N–H and O–H groups in total. The van der Waals surface area contributed by atoms with Crippen LogP contribution in [0.2, 0.25) is 10.0 Å². The van der Waals surface area contributed by atoms with E-state index in [0.29, 0.717) is 33.9 Å². The van der Waals surface area contributed by atoms with E-state index in [2.05, 4.69) is 10.2 Å². The van der Waals surface area contributed by atoms with Gasteiger partial charge in [-0.25, -0.2) is 0 Å². The average molecular weight is 455 g/mol.